The molecule has 0 fully saturated rings. The Balaban J connectivity index is 1.91. The number of carbonyl (C=O) groups excluding carboxylic acids is 3. The number of hydrogen-bond acceptors (Lipinski definition) is 4. The lowest BCUT2D eigenvalue weighted by Crippen LogP contribution is -2.41. The van der Waals surface area contributed by atoms with Crippen LogP contribution in [0, 0.1) is 12.7 Å². The molecule has 0 spiro atoms. The number of esters is 1. The van der Waals surface area contributed by atoms with Gasteiger partial charge in [0.05, 0.1) is 12.1 Å². The van der Waals surface area contributed by atoms with Gasteiger partial charge in [-0.3, -0.25) is 9.59 Å². The summed E-state index contributed by atoms with van der Waals surface area (Å²) in [4.78, 5) is 37.6. The molecule has 1 N–H and O–H groups in total. The maximum atomic E-state index is 13.8. The zero-order valence-electron chi connectivity index (χ0n) is 15.7. The van der Waals surface area contributed by atoms with Crippen molar-refractivity contribution >= 4 is 35.1 Å². The van der Waals surface area contributed by atoms with Crippen molar-refractivity contribution in [3.05, 3.63) is 64.4 Å². The fourth-order valence-corrected chi connectivity index (χ4v) is 2.53. The highest BCUT2D eigenvalue weighted by molar-refractivity contribution is 6.30. The van der Waals surface area contributed by atoms with Gasteiger partial charge in [0.25, 0.3) is 5.91 Å². The standard InChI is InChI=1S/C20H20ClFN2O4/c1-12-4-7-15(8-5-12)23-18(25)11-24(3)19(26)13(2)28-20(27)16-9-6-14(21)10-17(16)22/h4-10,13H,11H2,1-3H3,(H,23,25)/t13-/m0/s1. The highest BCUT2D eigenvalue weighted by atomic mass is 35.5. The first-order valence-corrected chi connectivity index (χ1v) is 8.82. The Labute approximate surface area is 167 Å². The number of benzene rings is 2. The summed E-state index contributed by atoms with van der Waals surface area (Å²) in [6.45, 7) is 3.04. The van der Waals surface area contributed by atoms with Gasteiger partial charge >= 0.3 is 5.97 Å². The fraction of sp³-hybridized carbons (Fsp3) is 0.250. The van der Waals surface area contributed by atoms with E-state index in [1.54, 1.807) is 12.1 Å². The minimum Gasteiger partial charge on any atom is -0.449 e. The van der Waals surface area contributed by atoms with Gasteiger partial charge in [0.1, 0.15) is 5.82 Å². The molecule has 2 rings (SSSR count). The van der Waals surface area contributed by atoms with Gasteiger partial charge in [0, 0.05) is 17.8 Å². The molecule has 2 aromatic rings. The van der Waals surface area contributed by atoms with E-state index in [1.165, 1.54) is 26.1 Å². The number of nitrogens with zero attached hydrogens (tertiary/aromatic N) is 1. The molecule has 2 amide bonds. The Morgan fingerprint density at radius 3 is 2.43 bits per heavy atom. The van der Waals surface area contributed by atoms with Crippen LogP contribution in [-0.2, 0) is 14.3 Å². The van der Waals surface area contributed by atoms with Crippen LogP contribution < -0.4 is 5.32 Å². The zero-order valence-corrected chi connectivity index (χ0v) is 16.4. The third-order valence-corrected chi connectivity index (χ3v) is 4.11. The summed E-state index contributed by atoms with van der Waals surface area (Å²) in [5, 5.41) is 2.81. The number of likely N-dealkylation sites (N-methyl/N-ethyl adjacent to an activating group) is 1. The number of halogens is 2. The summed E-state index contributed by atoms with van der Waals surface area (Å²) < 4.78 is 18.8. The van der Waals surface area contributed by atoms with Gasteiger partial charge in [-0.25, -0.2) is 9.18 Å². The Bertz CT molecular complexity index is 886. The molecule has 0 saturated heterocycles. The van der Waals surface area contributed by atoms with Crippen LogP contribution in [0.4, 0.5) is 10.1 Å². The van der Waals surface area contributed by atoms with Crippen LogP contribution in [0.15, 0.2) is 42.5 Å². The molecule has 0 aromatic heterocycles. The molecule has 6 nitrogen and oxygen atoms in total. The van der Waals surface area contributed by atoms with E-state index in [0.717, 1.165) is 16.5 Å². The van der Waals surface area contributed by atoms with Gasteiger partial charge in [-0.15, -0.1) is 0 Å². The molecule has 2 aromatic carbocycles. The Morgan fingerprint density at radius 1 is 1.18 bits per heavy atom. The second-order valence-corrected chi connectivity index (χ2v) is 6.72. The topological polar surface area (TPSA) is 75.7 Å². The zero-order chi connectivity index (χ0) is 20.8. The molecule has 1 atom stereocenters. The number of anilines is 1. The van der Waals surface area contributed by atoms with E-state index in [-0.39, 0.29) is 17.1 Å². The Hall–Kier alpha value is -2.93. The van der Waals surface area contributed by atoms with Crippen LogP contribution >= 0.6 is 11.6 Å². The molecule has 28 heavy (non-hydrogen) atoms. The second kappa shape index (κ2) is 9.32. The summed E-state index contributed by atoms with van der Waals surface area (Å²) >= 11 is 5.64. The maximum Gasteiger partial charge on any atom is 0.341 e. The average molecular weight is 407 g/mol. The van der Waals surface area contributed by atoms with Crippen LogP contribution in [0.1, 0.15) is 22.8 Å². The van der Waals surface area contributed by atoms with E-state index in [9.17, 15) is 18.8 Å². The Morgan fingerprint density at radius 2 is 1.82 bits per heavy atom. The van der Waals surface area contributed by atoms with E-state index in [0.29, 0.717) is 5.69 Å². The molecule has 8 heteroatoms. The minimum absolute atomic E-state index is 0.137. The molecular formula is C20H20ClFN2O4. The average Bonchev–Trinajstić information content (AvgIpc) is 2.62. The summed E-state index contributed by atoms with van der Waals surface area (Å²) in [7, 11) is 1.41. The number of hydrogen-bond donors (Lipinski definition) is 1. The van der Waals surface area contributed by atoms with E-state index in [2.05, 4.69) is 5.32 Å². The minimum atomic E-state index is -1.19. The summed E-state index contributed by atoms with van der Waals surface area (Å²) in [5.74, 6) is -2.83. The van der Waals surface area contributed by atoms with Crippen molar-refractivity contribution in [2.24, 2.45) is 0 Å². The number of carbonyl (C=O) groups is 3. The number of rotatable bonds is 6. The lowest BCUT2D eigenvalue weighted by atomic mass is 10.2. The first-order valence-electron chi connectivity index (χ1n) is 8.45. The largest absolute Gasteiger partial charge is 0.449 e. The van der Waals surface area contributed by atoms with Gasteiger partial charge in [-0.1, -0.05) is 29.3 Å². The molecule has 0 aliphatic heterocycles. The van der Waals surface area contributed by atoms with Gasteiger partial charge in [-0.2, -0.15) is 0 Å². The summed E-state index contributed by atoms with van der Waals surface area (Å²) in [5.41, 5.74) is 1.33. The van der Waals surface area contributed by atoms with Gasteiger partial charge in [0.2, 0.25) is 5.91 Å². The molecular weight excluding hydrogens is 387 g/mol. The predicted molar refractivity (Wildman–Crippen MR) is 104 cm³/mol. The van der Waals surface area contributed by atoms with Crippen molar-refractivity contribution < 1.29 is 23.5 Å². The highest BCUT2D eigenvalue weighted by Gasteiger charge is 2.25. The lowest BCUT2D eigenvalue weighted by Gasteiger charge is -2.21. The van der Waals surface area contributed by atoms with Gasteiger partial charge in [0.15, 0.2) is 6.10 Å². The normalized spacial score (nSPS) is 11.5. The SMILES string of the molecule is Cc1ccc(NC(=O)CN(C)C(=O)[C@H](C)OC(=O)c2ccc(Cl)cc2F)cc1. The van der Waals surface area contributed by atoms with Crippen LogP contribution in [0.5, 0.6) is 0 Å². The quantitative estimate of drug-likeness (QED) is 0.746. The molecule has 0 heterocycles. The summed E-state index contributed by atoms with van der Waals surface area (Å²) in [6, 6.07) is 10.7. The predicted octanol–water partition coefficient (Wildman–Crippen LogP) is 3.43. The van der Waals surface area contributed by atoms with E-state index in [1.807, 2.05) is 19.1 Å². The summed E-state index contributed by atoms with van der Waals surface area (Å²) in [6.07, 6.45) is -1.19. The van der Waals surface area contributed by atoms with Crippen molar-refractivity contribution in [2.45, 2.75) is 20.0 Å². The maximum absolute atomic E-state index is 13.8. The smallest absolute Gasteiger partial charge is 0.341 e. The van der Waals surface area contributed by atoms with E-state index in [4.69, 9.17) is 16.3 Å². The molecule has 0 unspecified atom stereocenters. The third-order valence-electron chi connectivity index (χ3n) is 3.87. The van der Waals surface area contributed by atoms with Crippen LogP contribution in [0.2, 0.25) is 5.02 Å². The van der Waals surface area contributed by atoms with Crippen LogP contribution in [0.3, 0.4) is 0 Å². The van der Waals surface area contributed by atoms with Gasteiger partial charge in [-0.05, 0) is 44.2 Å². The number of aryl methyl sites for hydroxylation is 1. The lowest BCUT2D eigenvalue weighted by molar-refractivity contribution is -0.140. The Kier molecular flexibility index (Phi) is 7.12. The monoisotopic (exact) mass is 406 g/mol. The first kappa shape index (κ1) is 21.4. The number of amides is 2. The molecule has 0 bridgehead atoms. The molecule has 148 valence electrons. The fourth-order valence-electron chi connectivity index (χ4n) is 2.37. The van der Waals surface area contributed by atoms with E-state index < -0.39 is 29.7 Å². The highest BCUT2D eigenvalue weighted by Crippen LogP contribution is 2.16. The van der Waals surface area contributed by atoms with Crippen molar-refractivity contribution in [3.8, 4) is 0 Å². The molecule has 0 saturated carbocycles. The van der Waals surface area contributed by atoms with Crippen molar-refractivity contribution in [3.63, 3.8) is 0 Å². The molecule has 0 aliphatic rings. The van der Waals surface area contributed by atoms with Crippen LogP contribution in [-0.4, -0.2) is 42.4 Å². The first-order chi connectivity index (χ1) is 13.2. The van der Waals surface area contributed by atoms with Crippen molar-refractivity contribution in [1.82, 2.24) is 4.90 Å². The second-order valence-electron chi connectivity index (χ2n) is 6.28. The van der Waals surface area contributed by atoms with Crippen LogP contribution in [0.25, 0.3) is 0 Å². The third kappa shape index (κ3) is 5.79. The molecule has 0 radical (unpaired) electrons. The van der Waals surface area contributed by atoms with Crippen molar-refractivity contribution in [1.29, 1.82) is 0 Å². The van der Waals surface area contributed by atoms with Crippen molar-refractivity contribution in [2.75, 3.05) is 18.9 Å². The van der Waals surface area contributed by atoms with Gasteiger partial charge < -0.3 is 15.0 Å². The van der Waals surface area contributed by atoms with E-state index >= 15 is 0 Å². The molecule has 0 aliphatic carbocycles. The number of nitrogens with one attached hydrogen (secondary N) is 1. The number of ether oxygens (including phenoxy) is 1.